The van der Waals surface area contributed by atoms with E-state index >= 15 is 0 Å². The third-order valence-corrected chi connectivity index (χ3v) is 10.1. The minimum absolute atomic E-state index is 0.0371. The summed E-state index contributed by atoms with van der Waals surface area (Å²) < 4.78 is 30.0. The molecule has 1 aliphatic rings. The molecule has 0 bridgehead atoms. The number of aromatic nitrogens is 1. The number of carbonyl (C=O) groups excluding carboxylic acids is 2. The van der Waals surface area contributed by atoms with Crippen LogP contribution in [0.2, 0.25) is 0 Å². The fourth-order valence-corrected chi connectivity index (χ4v) is 7.63. The number of fused-ring (bicyclic) bond motifs is 1. The van der Waals surface area contributed by atoms with E-state index in [2.05, 4.69) is 6.07 Å². The molecule has 0 aliphatic carbocycles. The number of imide groups is 1. The molecule has 1 saturated heterocycles. The second-order valence-corrected chi connectivity index (χ2v) is 13.1. The van der Waals surface area contributed by atoms with Crippen LogP contribution in [0.5, 0.6) is 0 Å². The van der Waals surface area contributed by atoms with Gasteiger partial charge in [-0.25, -0.2) is 18.3 Å². The number of carbonyl (C=O) groups is 2. The Bertz CT molecular complexity index is 1870. The number of hydrogen-bond donors (Lipinski definition) is 0. The molecule has 1 aromatic heterocycles. The summed E-state index contributed by atoms with van der Waals surface area (Å²) in [6.45, 7) is 3.88. The number of anilines is 1. The lowest BCUT2D eigenvalue weighted by Crippen LogP contribution is -2.45. The maximum Gasteiger partial charge on any atom is 0.252 e. The minimum atomic E-state index is -4.09. The van der Waals surface area contributed by atoms with Crippen LogP contribution < -0.4 is 4.90 Å². The van der Waals surface area contributed by atoms with E-state index in [4.69, 9.17) is 4.98 Å². The topological polar surface area (TPSA) is 87.7 Å². The molecular formula is C32H27N3O4S2. The summed E-state index contributed by atoms with van der Waals surface area (Å²) in [7, 11) is -4.09. The zero-order valence-electron chi connectivity index (χ0n) is 22.5. The van der Waals surface area contributed by atoms with Crippen LogP contribution in [0.4, 0.5) is 5.69 Å². The first-order valence-corrected chi connectivity index (χ1v) is 15.4. The number of nitrogens with zero attached hydrogens (tertiary/aromatic N) is 3. The van der Waals surface area contributed by atoms with E-state index in [1.54, 1.807) is 47.7 Å². The van der Waals surface area contributed by atoms with Gasteiger partial charge in [-0.05, 0) is 73.5 Å². The molecule has 1 fully saturated rings. The Morgan fingerprint density at radius 3 is 2.27 bits per heavy atom. The normalized spacial score (nSPS) is 15.8. The van der Waals surface area contributed by atoms with Gasteiger partial charge in [-0.15, -0.1) is 11.3 Å². The van der Waals surface area contributed by atoms with E-state index in [1.807, 2.05) is 56.3 Å². The second kappa shape index (κ2) is 10.7. The third kappa shape index (κ3) is 5.19. The average molecular weight is 582 g/mol. The first-order valence-electron chi connectivity index (χ1n) is 13.2. The maximum absolute atomic E-state index is 13.9. The van der Waals surface area contributed by atoms with Crippen LogP contribution in [0.3, 0.4) is 0 Å². The standard InChI is InChI=1S/C32H27N3O4S2/c1-21-8-15-26(16-9-21)41(38,39)34(20-23-6-4-3-5-7-23)28-19-30(36)35(32(28)37)25-13-11-24(12-14-25)31-33-27-17-10-22(2)18-29(27)40-31/h3-18,28H,19-20H2,1-2H3. The highest BCUT2D eigenvalue weighted by Crippen LogP contribution is 2.34. The van der Waals surface area contributed by atoms with Crippen molar-refractivity contribution < 1.29 is 18.0 Å². The molecule has 9 heteroatoms. The van der Waals surface area contributed by atoms with Crippen LogP contribution in [0, 0.1) is 13.8 Å². The molecule has 206 valence electrons. The number of amides is 2. The van der Waals surface area contributed by atoms with E-state index in [-0.39, 0.29) is 17.9 Å². The fraction of sp³-hybridized carbons (Fsp3) is 0.156. The Balaban J connectivity index is 1.31. The highest BCUT2D eigenvalue weighted by molar-refractivity contribution is 7.89. The zero-order valence-corrected chi connectivity index (χ0v) is 24.2. The number of hydrogen-bond acceptors (Lipinski definition) is 6. The van der Waals surface area contributed by atoms with Gasteiger partial charge in [0.25, 0.3) is 5.91 Å². The van der Waals surface area contributed by atoms with Gasteiger partial charge in [-0.3, -0.25) is 9.59 Å². The first-order chi connectivity index (χ1) is 19.7. The van der Waals surface area contributed by atoms with Gasteiger partial charge in [0.1, 0.15) is 11.0 Å². The van der Waals surface area contributed by atoms with Gasteiger partial charge in [-0.1, -0.05) is 54.1 Å². The zero-order chi connectivity index (χ0) is 28.7. The van der Waals surface area contributed by atoms with Crippen LogP contribution in [0.15, 0.2) is 102 Å². The van der Waals surface area contributed by atoms with Gasteiger partial charge in [-0.2, -0.15) is 4.31 Å². The van der Waals surface area contributed by atoms with Gasteiger partial charge in [0, 0.05) is 12.1 Å². The van der Waals surface area contributed by atoms with Gasteiger partial charge < -0.3 is 0 Å². The van der Waals surface area contributed by atoms with Gasteiger partial charge in [0.05, 0.1) is 27.2 Å². The van der Waals surface area contributed by atoms with E-state index in [0.29, 0.717) is 5.69 Å². The van der Waals surface area contributed by atoms with Crippen molar-refractivity contribution in [1.29, 1.82) is 0 Å². The van der Waals surface area contributed by atoms with Gasteiger partial charge in [0.15, 0.2) is 0 Å². The Hall–Kier alpha value is -4.18. The first kappa shape index (κ1) is 27.0. The molecule has 0 N–H and O–H groups in total. The van der Waals surface area contributed by atoms with Crippen molar-refractivity contribution in [2.24, 2.45) is 0 Å². The summed E-state index contributed by atoms with van der Waals surface area (Å²) in [6.07, 6.45) is -0.240. The average Bonchev–Trinajstić information content (AvgIpc) is 3.52. The Kier molecular flexibility index (Phi) is 7.03. The van der Waals surface area contributed by atoms with Crippen molar-refractivity contribution in [3.05, 3.63) is 114 Å². The number of sulfonamides is 1. The molecule has 1 unspecified atom stereocenters. The molecule has 41 heavy (non-hydrogen) atoms. The van der Waals surface area contributed by atoms with Crippen LogP contribution in [0.25, 0.3) is 20.8 Å². The smallest absolute Gasteiger partial charge is 0.252 e. The van der Waals surface area contributed by atoms with Gasteiger partial charge in [0.2, 0.25) is 15.9 Å². The molecule has 0 saturated carbocycles. The predicted molar refractivity (Wildman–Crippen MR) is 161 cm³/mol. The second-order valence-electron chi connectivity index (χ2n) is 10.2. The molecule has 1 atom stereocenters. The molecule has 0 spiro atoms. The molecule has 0 radical (unpaired) electrons. The SMILES string of the molecule is Cc1ccc(S(=O)(=O)N(Cc2ccccc2)C2CC(=O)N(c3ccc(-c4nc5ccc(C)cc5s4)cc3)C2=O)cc1. The van der Waals surface area contributed by atoms with Crippen LogP contribution in [-0.2, 0) is 26.2 Å². The molecule has 7 nitrogen and oxygen atoms in total. The molecule has 5 aromatic rings. The number of thiazole rings is 1. The van der Waals surface area contributed by atoms with E-state index in [0.717, 1.165) is 46.7 Å². The summed E-state index contributed by atoms with van der Waals surface area (Å²) in [4.78, 5) is 32.9. The Morgan fingerprint density at radius 1 is 0.878 bits per heavy atom. The summed E-state index contributed by atoms with van der Waals surface area (Å²) in [5, 5.41) is 0.840. The summed E-state index contributed by atoms with van der Waals surface area (Å²) in [6, 6.07) is 27.6. The van der Waals surface area contributed by atoms with E-state index in [1.165, 1.54) is 12.1 Å². The van der Waals surface area contributed by atoms with Crippen molar-refractivity contribution in [2.45, 2.75) is 37.8 Å². The predicted octanol–water partition coefficient (Wildman–Crippen LogP) is 6.10. The van der Waals surface area contributed by atoms with Crippen molar-refractivity contribution in [3.8, 4) is 10.6 Å². The minimum Gasteiger partial charge on any atom is -0.274 e. The van der Waals surface area contributed by atoms with E-state index in [9.17, 15) is 18.0 Å². The Morgan fingerprint density at radius 2 is 1.56 bits per heavy atom. The van der Waals surface area contributed by atoms with Crippen LogP contribution in [-0.4, -0.2) is 35.6 Å². The molecular weight excluding hydrogens is 555 g/mol. The fourth-order valence-electron chi connectivity index (χ4n) is 4.99. The lowest BCUT2D eigenvalue weighted by atomic mass is 10.2. The Labute approximate surface area is 242 Å². The summed E-state index contributed by atoms with van der Waals surface area (Å²) >= 11 is 1.58. The molecule has 2 heterocycles. The maximum atomic E-state index is 13.9. The van der Waals surface area contributed by atoms with Crippen LogP contribution >= 0.6 is 11.3 Å². The van der Waals surface area contributed by atoms with Gasteiger partial charge >= 0.3 is 0 Å². The lowest BCUT2D eigenvalue weighted by molar-refractivity contribution is -0.122. The molecule has 2 amide bonds. The lowest BCUT2D eigenvalue weighted by Gasteiger charge is -2.27. The molecule has 1 aliphatic heterocycles. The van der Waals surface area contributed by atoms with Crippen LogP contribution in [0.1, 0.15) is 23.1 Å². The van der Waals surface area contributed by atoms with Crippen molar-refractivity contribution in [3.63, 3.8) is 0 Å². The number of rotatable bonds is 7. The summed E-state index contributed by atoms with van der Waals surface area (Å²) in [5.41, 5.74) is 4.99. The molecule has 6 rings (SSSR count). The largest absolute Gasteiger partial charge is 0.274 e. The van der Waals surface area contributed by atoms with E-state index < -0.39 is 27.9 Å². The third-order valence-electron chi connectivity index (χ3n) is 7.20. The number of benzene rings is 4. The van der Waals surface area contributed by atoms with Crippen molar-refractivity contribution in [1.82, 2.24) is 9.29 Å². The highest BCUT2D eigenvalue weighted by Gasteiger charge is 2.47. The van der Waals surface area contributed by atoms with Crippen molar-refractivity contribution >= 4 is 49.1 Å². The van der Waals surface area contributed by atoms with Crippen molar-refractivity contribution in [2.75, 3.05) is 4.90 Å². The summed E-state index contributed by atoms with van der Waals surface area (Å²) in [5.74, 6) is -1.01. The number of aryl methyl sites for hydroxylation is 2. The monoisotopic (exact) mass is 581 g/mol. The quantitative estimate of drug-likeness (QED) is 0.217. The highest BCUT2D eigenvalue weighted by atomic mass is 32.2. The molecule has 4 aromatic carbocycles.